The van der Waals surface area contributed by atoms with Crippen LogP contribution < -0.4 is 4.74 Å². The Hall–Kier alpha value is -1.59. The second-order valence-corrected chi connectivity index (χ2v) is 5.67. The smallest absolute Gasteiger partial charge is 0.253 e. The normalized spacial score (nSPS) is 16.3. The molecule has 2 rings (SSSR count). The quantitative estimate of drug-likeness (QED) is 0.811. The summed E-state index contributed by atoms with van der Waals surface area (Å²) in [6, 6.07) is 7.33. The van der Waals surface area contributed by atoms with Crippen molar-refractivity contribution < 1.29 is 9.53 Å². The number of carbonyl (C=O) groups excluding carboxylic acids is 1. The first-order valence-electron chi connectivity index (χ1n) is 7.40. The van der Waals surface area contributed by atoms with Crippen molar-refractivity contribution in [1.82, 2.24) is 14.7 Å². The molecule has 0 radical (unpaired) electrons. The van der Waals surface area contributed by atoms with Gasteiger partial charge in [-0.2, -0.15) is 0 Å². The first kappa shape index (κ1) is 15.8. The van der Waals surface area contributed by atoms with Gasteiger partial charge < -0.3 is 14.5 Å². The maximum absolute atomic E-state index is 12.4. The summed E-state index contributed by atoms with van der Waals surface area (Å²) in [5.41, 5.74) is 0.734. The van der Waals surface area contributed by atoms with E-state index in [0.717, 1.165) is 50.6 Å². The molecule has 1 heterocycles. The second kappa shape index (κ2) is 7.43. The van der Waals surface area contributed by atoms with Gasteiger partial charge in [-0.1, -0.05) is 0 Å². The summed E-state index contributed by atoms with van der Waals surface area (Å²) in [6.45, 7) is 5.64. The zero-order valence-corrected chi connectivity index (χ0v) is 13.2. The molecule has 116 valence electrons. The van der Waals surface area contributed by atoms with Crippen LogP contribution in [0.2, 0.25) is 0 Å². The van der Waals surface area contributed by atoms with E-state index in [1.165, 1.54) is 0 Å². The van der Waals surface area contributed by atoms with Gasteiger partial charge in [-0.25, -0.2) is 0 Å². The summed E-state index contributed by atoms with van der Waals surface area (Å²) in [4.78, 5) is 19.0. The van der Waals surface area contributed by atoms with Crippen molar-refractivity contribution in [1.29, 1.82) is 0 Å². The van der Waals surface area contributed by atoms with E-state index in [-0.39, 0.29) is 5.91 Å². The number of carbonyl (C=O) groups is 1. The number of likely N-dealkylation sites (N-methyl/N-ethyl adjacent to an activating group) is 1. The fraction of sp³-hybridized carbons (Fsp3) is 0.562. The molecular weight excluding hydrogens is 266 g/mol. The molecule has 1 aromatic rings. The molecule has 0 aliphatic carbocycles. The molecule has 0 saturated carbocycles. The number of methoxy groups -OCH3 is 1. The van der Waals surface area contributed by atoms with E-state index < -0.39 is 0 Å². The molecule has 21 heavy (non-hydrogen) atoms. The summed E-state index contributed by atoms with van der Waals surface area (Å²) >= 11 is 0. The van der Waals surface area contributed by atoms with Crippen LogP contribution in [0.3, 0.4) is 0 Å². The molecular formula is C16H25N3O2. The first-order valence-corrected chi connectivity index (χ1v) is 7.40. The van der Waals surface area contributed by atoms with Crippen LogP contribution in [0.1, 0.15) is 10.4 Å². The number of rotatable bonds is 5. The Morgan fingerprint density at radius 1 is 1.14 bits per heavy atom. The van der Waals surface area contributed by atoms with Crippen LogP contribution in [0.4, 0.5) is 0 Å². The lowest BCUT2D eigenvalue weighted by molar-refractivity contribution is 0.0629. The molecule has 1 aliphatic rings. The van der Waals surface area contributed by atoms with Gasteiger partial charge in [0.15, 0.2) is 0 Å². The third kappa shape index (κ3) is 4.44. The summed E-state index contributed by atoms with van der Waals surface area (Å²) in [7, 11) is 5.80. The van der Waals surface area contributed by atoms with Gasteiger partial charge in [-0.05, 0) is 38.4 Å². The van der Waals surface area contributed by atoms with E-state index in [1.807, 2.05) is 29.2 Å². The number of benzene rings is 1. The van der Waals surface area contributed by atoms with Gasteiger partial charge in [0.2, 0.25) is 0 Å². The molecule has 1 aliphatic heterocycles. The SMILES string of the molecule is COc1ccc(C(=O)N2CCN(CCN(C)C)CC2)cc1. The minimum atomic E-state index is 0.116. The van der Waals surface area contributed by atoms with Crippen LogP contribution in [-0.4, -0.2) is 81.1 Å². The van der Waals surface area contributed by atoms with Gasteiger partial charge in [0.05, 0.1) is 7.11 Å². The van der Waals surface area contributed by atoms with Gasteiger partial charge in [0.1, 0.15) is 5.75 Å². The Balaban J connectivity index is 1.84. The van der Waals surface area contributed by atoms with E-state index >= 15 is 0 Å². The lowest BCUT2D eigenvalue weighted by Crippen LogP contribution is -2.49. The third-order valence-electron chi connectivity index (χ3n) is 3.86. The van der Waals surface area contributed by atoms with Crippen LogP contribution in [-0.2, 0) is 0 Å². The van der Waals surface area contributed by atoms with Crippen LogP contribution in [0, 0.1) is 0 Å². The number of piperazine rings is 1. The van der Waals surface area contributed by atoms with Crippen molar-refractivity contribution >= 4 is 5.91 Å². The monoisotopic (exact) mass is 291 g/mol. The van der Waals surface area contributed by atoms with E-state index in [0.29, 0.717) is 0 Å². The topological polar surface area (TPSA) is 36.0 Å². The van der Waals surface area contributed by atoms with Crippen LogP contribution >= 0.6 is 0 Å². The fourth-order valence-electron chi connectivity index (χ4n) is 2.43. The molecule has 0 unspecified atom stereocenters. The van der Waals surface area contributed by atoms with Gasteiger partial charge in [-0.15, -0.1) is 0 Å². The molecule has 1 aromatic carbocycles. The summed E-state index contributed by atoms with van der Waals surface area (Å²) in [5, 5.41) is 0. The molecule has 0 spiro atoms. The van der Waals surface area contributed by atoms with Crippen molar-refractivity contribution in [2.45, 2.75) is 0 Å². The molecule has 0 bridgehead atoms. The van der Waals surface area contributed by atoms with E-state index in [9.17, 15) is 4.79 Å². The Labute approximate surface area is 127 Å². The minimum absolute atomic E-state index is 0.116. The van der Waals surface area contributed by atoms with Crippen LogP contribution in [0.15, 0.2) is 24.3 Å². The Kier molecular flexibility index (Phi) is 5.59. The van der Waals surface area contributed by atoms with Gasteiger partial charge >= 0.3 is 0 Å². The molecule has 1 fully saturated rings. The number of amides is 1. The summed E-state index contributed by atoms with van der Waals surface area (Å²) in [5.74, 6) is 0.893. The Morgan fingerprint density at radius 2 is 1.76 bits per heavy atom. The fourth-order valence-corrected chi connectivity index (χ4v) is 2.43. The molecule has 5 heteroatoms. The molecule has 5 nitrogen and oxygen atoms in total. The number of nitrogens with zero attached hydrogens (tertiary/aromatic N) is 3. The zero-order valence-electron chi connectivity index (χ0n) is 13.2. The van der Waals surface area contributed by atoms with Gasteiger partial charge in [0, 0.05) is 44.8 Å². The van der Waals surface area contributed by atoms with Crippen LogP contribution in [0.25, 0.3) is 0 Å². The first-order chi connectivity index (χ1) is 10.1. The minimum Gasteiger partial charge on any atom is -0.497 e. The summed E-state index contributed by atoms with van der Waals surface area (Å²) in [6.07, 6.45) is 0. The number of hydrogen-bond acceptors (Lipinski definition) is 4. The standard InChI is InChI=1S/C16H25N3O2/c1-17(2)8-9-18-10-12-19(13-11-18)16(20)14-4-6-15(21-3)7-5-14/h4-7H,8-13H2,1-3H3. The van der Waals surface area contributed by atoms with Crippen molar-refractivity contribution in [3.8, 4) is 5.75 Å². The molecule has 0 aromatic heterocycles. The molecule has 1 amide bonds. The van der Waals surface area contributed by atoms with Crippen LogP contribution in [0.5, 0.6) is 5.75 Å². The maximum atomic E-state index is 12.4. The van der Waals surface area contributed by atoms with Crippen molar-refractivity contribution in [2.24, 2.45) is 0 Å². The summed E-state index contributed by atoms with van der Waals surface area (Å²) < 4.78 is 5.12. The predicted molar refractivity (Wildman–Crippen MR) is 83.9 cm³/mol. The lowest BCUT2D eigenvalue weighted by Gasteiger charge is -2.35. The highest BCUT2D eigenvalue weighted by molar-refractivity contribution is 5.94. The number of hydrogen-bond donors (Lipinski definition) is 0. The highest BCUT2D eigenvalue weighted by atomic mass is 16.5. The Bertz CT molecular complexity index is 451. The van der Waals surface area contributed by atoms with Crippen molar-refractivity contribution in [3.05, 3.63) is 29.8 Å². The number of ether oxygens (including phenoxy) is 1. The van der Waals surface area contributed by atoms with Gasteiger partial charge in [-0.3, -0.25) is 9.69 Å². The van der Waals surface area contributed by atoms with Crippen molar-refractivity contribution in [3.63, 3.8) is 0 Å². The average Bonchev–Trinajstić information content (AvgIpc) is 2.53. The maximum Gasteiger partial charge on any atom is 0.253 e. The Morgan fingerprint density at radius 3 is 2.29 bits per heavy atom. The van der Waals surface area contributed by atoms with Crippen molar-refractivity contribution in [2.75, 3.05) is 60.5 Å². The van der Waals surface area contributed by atoms with E-state index in [4.69, 9.17) is 4.74 Å². The predicted octanol–water partition coefficient (Wildman–Crippen LogP) is 1.01. The largest absolute Gasteiger partial charge is 0.497 e. The van der Waals surface area contributed by atoms with E-state index in [1.54, 1.807) is 7.11 Å². The van der Waals surface area contributed by atoms with E-state index in [2.05, 4.69) is 23.9 Å². The molecule has 0 atom stereocenters. The molecule has 1 saturated heterocycles. The second-order valence-electron chi connectivity index (χ2n) is 5.67. The molecule has 0 N–H and O–H groups in total. The average molecular weight is 291 g/mol. The third-order valence-corrected chi connectivity index (χ3v) is 3.86. The van der Waals surface area contributed by atoms with Gasteiger partial charge in [0.25, 0.3) is 5.91 Å². The highest BCUT2D eigenvalue weighted by Crippen LogP contribution is 2.14. The highest BCUT2D eigenvalue weighted by Gasteiger charge is 2.21. The lowest BCUT2D eigenvalue weighted by atomic mass is 10.1. The zero-order chi connectivity index (χ0) is 15.2.